The van der Waals surface area contributed by atoms with Gasteiger partial charge in [0.25, 0.3) is 5.91 Å². The lowest BCUT2D eigenvalue weighted by molar-refractivity contribution is -0.0129. The summed E-state index contributed by atoms with van der Waals surface area (Å²) >= 11 is 1.98. The van der Waals surface area contributed by atoms with Crippen LogP contribution < -0.4 is 5.32 Å². The Morgan fingerprint density at radius 3 is 2.95 bits per heavy atom. The van der Waals surface area contributed by atoms with Crippen LogP contribution in [-0.4, -0.2) is 70.5 Å². The van der Waals surface area contributed by atoms with Crippen molar-refractivity contribution >= 4 is 17.7 Å². The van der Waals surface area contributed by atoms with Gasteiger partial charge < -0.3 is 10.1 Å². The Kier molecular flexibility index (Phi) is 4.51. The average Bonchev–Trinajstić information content (AvgIpc) is 3.15. The van der Waals surface area contributed by atoms with Crippen molar-refractivity contribution in [1.29, 1.82) is 0 Å². The van der Waals surface area contributed by atoms with E-state index in [9.17, 15) is 4.79 Å². The number of nitrogens with zero attached hydrogens (tertiary/aromatic N) is 3. The van der Waals surface area contributed by atoms with Crippen LogP contribution in [0, 0.1) is 0 Å². The van der Waals surface area contributed by atoms with Gasteiger partial charge in [-0.25, -0.2) is 0 Å². The quantitative estimate of drug-likeness (QED) is 0.870. The Labute approximate surface area is 129 Å². The first-order valence-corrected chi connectivity index (χ1v) is 8.53. The second kappa shape index (κ2) is 6.37. The molecule has 0 saturated carbocycles. The number of nitrogens with one attached hydrogen (secondary N) is 1. The van der Waals surface area contributed by atoms with Gasteiger partial charge in [0.1, 0.15) is 5.69 Å². The van der Waals surface area contributed by atoms with E-state index in [2.05, 4.69) is 15.3 Å². The molecule has 2 aliphatic heterocycles. The van der Waals surface area contributed by atoms with Gasteiger partial charge in [-0.1, -0.05) is 0 Å². The Hall–Kier alpha value is -1.05. The lowest BCUT2D eigenvalue weighted by Crippen LogP contribution is -2.59. The predicted octanol–water partition coefficient (Wildman–Crippen LogP) is 0.358. The van der Waals surface area contributed by atoms with E-state index in [1.54, 1.807) is 24.0 Å². The van der Waals surface area contributed by atoms with Crippen LogP contribution in [0.3, 0.4) is 0 Å². The number of rotatable bonds is 4. The second-order valence-corrected chi connectivity index (χ2v) is 6.75. The van der Waals surface area contributed by atoms with Crippen molar-refractivity contribution in [2.75, 3.05) is 44.4 Å². The van der Waals surface area contributed by atoms with E-state index in [-0.39, 0.29) is 11.4 Å². The highest BCUT2D eigenvalue weighted by atomic mass is 32.2. The molecule has 21 heavy (non-hydrogen) atoms. The Bertz CT molecular complexity index is 493. The van der Waals surface area contributed by atoms with Gasteiger partial charge in [-0.05, 0) is 18.2 Å². The van der Waals surface area contributed by atoms with Gasteiger partial charge in [-0.3, -0.25) is 14.4 Å². The summed E-state index contributed by atoms with van der Waals surface area (Å²) in [6.45, 7) is 4.21. The summed E-state index contributed by atoms with van der Waals surface area (Å²) in [6, 6.07) is 1.75. The van der Waals surface area contributed by atoms with Crippen LogP contribution >= 0.6 is 11.8 Å². The Morgan fingerprint density at radius 1 is 1.52 bits per heavy atom. The summed E-state index contributed by atoms with van der Waals surface area (Å²) in [5.74, 6) is 2.21. The monoisotopic (exact) mass is 310 g/mol. The van der Waals surface area contributed by atoms with E-state index in [0.29, 0.717) is 12.2 Å². The maximum atomic E-state index is 12.3. The van der Waals surface area contributed by atoms with Crippen molar-refractivity contribution < 1.29 is 9.53 Å². The lowest BCUT2D eigenvalue weighted by atomic mass is 9.95. The summed E-state index contributed by atoms with van der Waals surface area (Å²) in [4.78, 5) is 14.8. The first-order chi connectivity index (χ1) is 10.2. The molecule has 0 spiro atoms. The largest absolute Gasteiger partial charge is 0.379 e. The Morgan fingerprint density at radius 2 is 2.33 bits per heavy atom. The summed E-state index contributed by atoms with van der Waals surface area (Å²) in [5, 5.41) is 7.16. The molecule has 2 saturated heterocycles. The van der Waals surface area contributed by atoms with Gasteiger partial charge in [0.2, 0.25) is 0 Å². The third-order valence-corrected chi connectivity index (χ3v) is 5.63. The zero-order chi connectivity index (χ0) is 14.7. The fourth-order valence-corrected chi connectivity index (χ4v) is 4.54. The fourth-order valence-electron chi connectivity index (χ4n) is 3.07. The molecule has 2 fully saturated rings. The van der Waals surface area contributed by atoms with Crippen LogP contribution in [0.5, 0.6) is 0 Å². The number of morpholine rings is 1. The van der Waals surface area contributed by atoms with Gasteiger partial charge in [0, 0.05) is 44.2 Å². The number of aromatic nitrogens is 2. The van der Waals surface area contributed by atoms with E-state index in [1.807, 2.05) is 11.8 Å². The van der Waals surface area contributed by atoms with Gasteiger partial charge in [0.05, 0.1) is 13.2 Å². The van der Waals surface area contributed by atoms with Gasteiger partial charge in [-0.2, -0.15) is 16.9 Å². The summed E-state index contributed by atoms with van der Waals surface area (Å²) in [6.07, 6.45) is 2.78. The van der Waals surface area contributed by atoms with E-state index in [4.69, 9.17) is 4.74 Å². The van der Waals surface area contributed by atoms with Crippen LogP contribution in [0.25, 0.3) is 0 Å². The molecule has 6 nitrogen and oxygen atoms in total. The maximum Gasteiger partial charge on any atom is 0.269 e. The highest BCUT2D eigenvalue weighted by molar-refractivity contribution is 7.99. The van der Waals surface area contributed by atoms with Crippen molar-refractivity contribution in [1.82, 2.24) is 20.0 Å². The predicted molar refractivity (Wildman–Crippen MR) is 82.6 cm³/mol. The fraction of sp³-hybridized carbons (Fsp3) is 0.714. The number of aryl methyl sites for hydroxylation is 1. The summed E-state index contributed by atoms with van der Waals surface area (Å²) < 4.78 is 7.07. The molecule has 7 heteroatoms. The molecule has 0 unspecified atom stereocenters. The van der Waals surface area contributed by atoms with Gasteiger partial charge in [-0.15, -0.1) is 0 Å². The number of carbonyl (C=O) groups excluding carboxylic acids is 1. The molecule has 2 aliphatic rings. The topological polar surface area (TPSA) is 59.4 Å². The number of amides is 1. The van der Waals surface area contributed by atoms with Crippen molar-refractivity contribution in [2.45, 2.75) is 12.0 Å². The van der Waals surface area contributed by atoms with Crippen molar-refractivity contribution in [3.8, 4) is 0 Å². The molecule has 3 rings (SSSR count). The third kappa shape index (κ3) is 3.09. The number of thioether (sulfide) groups is 1. The van der Waals surface area contributed by atoms with Crippen molar-refractivity contribution in [2.24, 2.45) is 7.05 Å². The minimum Gasteiger partial charge on any atom is -0.379 e. The molecule has 0 aromatic carbocycles. The standard InChI is InChI=1S/C14H22N4O2S/c1-17-12(2-4-16-17)13(19)15-10-14(3-9-21-11-14)18-5-7-20-8-6-18/h2,4H,3,5-11H2,1H3,(H,15,19)/t14-/m1/s1. The van der Waals surface area contributed by atoms with Crippen molar-refractivity contribution in [3.63, 3.8) is 0 Å². The number of hydrogen-bond acceptors (Lipinski definition) is 5. The molecular weight excluding hydrogens is 288 g/mol. The van der Waals surface area contributed by atoms with Crippen LogP contribution in [0.1, 0.15) is 16.9 Å². The average molecular weight is 310 g/mol. The smallest absolute Gasteiger partial charge is 0.269 e. The Balaban J connectivity index is 1.65. The van der Waals surface area contributed by atoms with Crippen LogP contribution in [0.4, 0.5) is 0 Å². The molecule has 1 aromatic heterocycles. The molecule has 1 N–H and O–H groups in total. The number of hydrogen-bond donors (Lipinski definition) is 1. The summed E-state index contributed by atoms with van der Waals surface area (Å²) in [5.41, 5.74) is 0.695. The molecule has 1 aromatic rings. The molecule has 0 radical (unpaired) electrons. The van der Waals surface area contributed by atoms with Crippen LogP contribution in [-0.2, 0) is 11.8 Å². The first-order valence-electron chi connectivity index (χ1n) is 7.38. The number of ether oxygens (including phenoxy) is 1. The molecule has 1 atom stereocenters. The normalized spacial score (nSPS) is 26.9. The zero-order valence-corrected chi connectivity index (χ0v) is 13.2. The molecule has 1 amide bonds. The minimum absolute atomic E-state index is 0.0421. The van der Waals surface area contributed by atoms with Gasteiger partial charge in [0.15, 0.2) is 0 Å². The van der Waals surface area contributed by atoms with E-state index in [0.717, 1.165) is 38.5 Å². The van der Waals surface area contributed by atoms with Crippen LogP contribution in [0.2, 0.25) is 0 Å². The molecular formula is C14H22N4O2S. The zero-order valence-electron chi connectivity index (χ0n) is 12.4. The highest BCUT2D eigenvalue weighted by Gasteiger charge is 2.40. The first kappa shape index (κ1) is 14.9. The maximum absolute atomic E-state index is 12.3. The van der Waals surface area contributed by atoms with Crippen LogP contribution in [0.15, 0.2) is 12.3 Å². The molecule has 116 valence electrons. The summed E-state index contributed by atoms with van der Waals surface area (Å²) in [7, 11) is 1.79. The number of carbonyl (C=O) groups is 1. The molecule has 0 aliphatic carbocycles. The SMILES string of the molecule is Cn1nccc1C(=O)NC[C@]1(N2CCOCC2)CCSC1. The van der Waals surface area contributed by atoms with Crippen molar-refractivity contribution in [3.05, 3.63) is 18.0 Å². The lowest BCUT2D eigenvalue weighted by Gasteiger charge is -2.43. The minimum atomic E-state index is -0.0421. The highest BCUT2D eigenvalue weighted by Crippen LogP contribution is 2.33. The molecule has 0 bridgehead atoms. The third-order valence-electron chi connectivity index (χ3n) is 4.40. The van der Waals surface area contributed by atoms with E-state index in [1.165, 1.54) is 5.75 Å². The van der Waals surface area contributed by atoms with Gasteiger partial charge >= 0.3 is 0 Å². The molecule has 3 heterocycles. The van der Waals surface area contributed by atoms with E-state index < -0.39 is 0 Å². The van der Waals surface area contributed by atoms with E-state index >= 15 is 0 Å². The second-order valence-electron chi connectivity index (χ2n) is 5.65.